The zero-order chi connectivity index (χ0) is 10.9. The predicted molar refractivity (Wildman–Crippen MR) is 34.0 cm³/mol. The topological polar surface area (TPSA) is 0 Å². The molecule has 0 saturated heterocycles. The van der Waals surface area contributed by atoms with Crippen molar-refractivity contribution >= 4 is 0 Å². The van der Waals surface area contributed by atoms with E-state index in [0.29, 0.717) is 0 Å². The van der Waals surface area contributed by atoms with Crippen molar-refractivity contribution in [2.75, 3.05) is 0 Å². The molecule has 0 rings (SSSR count). The highest BCUT2D eigenvalue weighted by Crippen LogP contribution is 2.37. The second-order valence-electron chi connectivity index (χ2n) is 2.50. The Morgan fingerprint density at radius 3 is 1.23 bits per heavy atom. The fourth-order valence-electron chi connectivity index (χ4n) is 0.552. The molecule has 0 aromatic rings. The van der Waals surface area contributed by atoms with Crippen LogP contribution in [-0.2, 0) is 0 Å². The first-order chi connectivity index (χ1) is 5.55. The summed E-state index contributed by atoms with van der Waals surface area (Å²) in [6.45, 7) is 2.22. The Morgan fingerprint density at radius 1 is 0.846 bits per heavy atom. The first kappa shape index (κ1) is 12.1. The molecule has 6 heteroatoms. The Kier molecular flexibility index (Phi) is 3.22. The lowest BCUT2D eigenvalue weighted by Gasteiger charge is -2.12. The number of hydrogen-bond donors (Lipinski definition) is 0. The Balaban J connectivity index is 5.41. The van der Waals surface area contributed by atoms with Crippen LogP contribution >= 0.6 is 0 Å². The summed E-state index contributed by atoms with van der Waals surface area (Å²) in [4.78, 5) is 0. The van der Waals surface area contributed by atoms with E-state index in [0.717, 1.165) is 13.8 Å². The van der Waals surface area contributed by atoms with Gasteiger partial charge in [-0.25, -0.2) is 0 Å². The van der Waals surface area contributed by atoms with Crippen LogP contribution in [0.1, 0.15) is 13.8 Å². The fourth-order valence-corrected chi connectivity index (χ4v) is 0.552. The first-order valence-corrected chi connectivity index (χ1v) is 3.13. The first-order valence-electron chi connectivity index (χ1n) is 3.13. The third-order valence-corrected chi connectivity index (χ3v) is 0.942. The highest BCUT2D eigenvalue weighted by molar-refractivity contribution is 5.16. The Hall–Kier alpha value is -0.900. The van der Waals surface area contributed by atoms with Crippen molar-refractivity contribution in [2.45, 2.75) is 26.2 Å². The van der Waals surface area contributed by atoms with Crippen molar-refractivity contribution in [3.05, 3.63) is 16.9 Å². The molecule has 0 aromatic heterocycles. The molecule has 76 valence electrons. The van der Waals surface area contributed by atoms with Crippen LogP contribution in [0, 0.1) is 0 Å². The summed E-state index contributed by atoms with van der Waals surface area (Å²) >= 11 is 0. The predicted octanol–water partition coefficient (Wildman–Crippen LogP) is 3.60. The molecule has 0 saturated carbocycles. The molecule has 0 amide bonds. The molecule has 0 aliphatic carbocycles. The number of rotatable bonds is 0. The van der Waals surface area contributed by atoms with Crippen LogP contribution in [-0.4, -0.2) is 12.4 Å². The van der Waals surface area contributed by atoms with Gasteiger partial charge in [-0.3, -0.25) is 0 Å². The maximum atomic E-state index is 11.7. The van der Waals surface area contributed by atoms with Gasteiger partial charge in [-0.1, -0.05) is 0 Å². The molecular weight excluding hydrogens is 198 g/mol. The van der Waals surface area contributed by atoms with E-state index in [1.807, 2.05) is 0 Å². The molecule has 0 unspecified atom stereocenters. The van der Waals surface area contributed by atoms with Crippen molar-refractivity contribution in [1.82, 2.24) is 0 Å². The van der Waals surface area contributed by atoms with Crippen LogP contribution in [0.3, 0.4) is 0 Å². The molecule has 0 atom stereocenters. The molecule has 13 heavy (non-hydrogen) atoms. The van der Waals surface area contributed by atoms with E-state index in [9.17, 15) is 26.3 Å². The third kappa shape index (κ3) is 4.03. The molecule has 0 fully saturated rings. The van der Waals surface area contributed by atoms with Gasteiger partial charge in [0.1, 0.15) is 0 Å². The molecule has 0 aromatic carbocycles. The Morgan fingerprint density at radius 2 is 1.15 bits per heavy atom. The zero-order valence-corrected chi connectivity index (χ0v) is 6.77. The maximum Gasteiger partial charge on any atom is 0.428 e. The average Bonchev–Trinajstić information content (AvgIpc) is 1.77. The van der Waals surface area contributed by atoms with E-state index >= 15 is 0 Å². The summed E-state index contributed by atoms with van der Waals surface area (Å²) in [6, 6.07) is 0. The van der Waals surface area contributed by atoms with E-state index in [-0.39, 0.29) is 5.57 Å². The van der Waals surface area contributed by atoms with Crippen LogP contribution in [0.4, 0.5) is 26.3 Å². The van der Waals surface area contributed by atoms with Gasteiger partial charge in [-0.15, -0.1) is 5.73 Å². The van der Waals surface area contributed by atoms with E-state index in [1.54, 1.807) is 0 Å². The Labute approximate surface area is 70.5 Å². The van der Waals surface area contributed by atoms with Crippen LogP contribution < -0.4 is 0 Å². The van der Waals surface area contributed by atoms with E-state index in [4.69, 9.17) is 0 Å². The quantitative estimate of drug-likeness (QED) is 0.417. The highest BCUT2D eigenvalue weighted by atomic mass is 19.4. The van der Waals surface area contributed by atoms with Crippen molar-refractivity contribution in [3.8, 4) is 0 Å². The third-order valence-electron chi connectivity index (χ3n) is 0.942. The van der Waals surface area contributed by atoms with Gasteiger partial charge < -0.3 is 0 Å². The molecule has 0 spiro atoms. The van der Waals surface area contributed by atoms with Gasteiger partial charge in [0, 0.05) is 0 Å². The van der Waals surface area contributed by atoms with E-state index < -0.39 is 17.9 Å². The fraction of sp³-hybridized carbons (Fsp3) is 0.571. The standard InChI is InChI=1S/C7H6F6/c1-4(2)3-5(6(8,9)10)7(11,12)13/h1-2H3. The summed E-state index contributed by atoms with van der Waals surface area (Å²) in [6.07, 6.45) is -10.8. The summed E-state index contributed by atoms with van der Waals surface area (Å²) in [5, 5.41) is 0. The molecule has 0 radical (unpaired) electrons. The maximum absolute atomic E-state index is 11.7. The number of hydrogen-bond acceptors (Lipinski definition) is 0. The second-order valence-corrected chi connectivity index (χ2v) is 2.50. The monoisotopic (exact) mass is 204 g/mol. The molecule has 0 nitrogen and oxygen atoms in total. The SMILES string of the molecule is CC(C)=C=C(C(F)(F)F)C(F)(F)F. The van der Waals surface area contributed by atoms with Gasteiger partial charge in [0.05, 0.1) is 0 Å². The minimum absolute atomic E-state index is 0.176. The van der Waals surface area contributed by atoms with Gasteiger partial charge in [0.2, 0.25) is 0 Å². The van der Waals surface area contributed by atoms with Crippen molar-refractivity contribution in [1.29, 1.82) is 0 Å². The smallest absolute Gasteiger partial charge is 0.165 e. The van der Waals surface area contributed by atoms with Crippen LogP contribution in [0.5, 0.6) is 0 Å². The van der Waals surface area contributed by atoms with Crippen LogP contribution in [0.25, 0.3) is 0 Å². The van der Waals surface area contributed by atoms with Gasteiger partial charge in [0.25, 0.3) is 0 Å². The number of allylic oxidation sites excluding steroid dienone is 1. The Bertz CT molecular complexity index is 227. The summed E-state index contributed by atoms with van der Waals surface area (Å²) in [5.74, 6) is 0. The van der Waals surface area contributed by atoms with E-state index in [1.165, 1.54) is 5.73 Å². The van der Waals surface area contributed by atoms with E-state index in [2.05, 4.69) is 0 Å². The summed E-state index contributed by atoms with van der Waals surface area (Å²) in [7, 11) is 0. The molecule has 0 aliphatic rings. The summed E-state index contributed by atoms with van der Waals surface area (Å²) < 4.78 is 70.5. The largest absolute Gasteiger partial charge is 0.428 e. The van der Waals surface area contributed by atoms with Crippen LogP contribution in [0.15, 0.2) is 16.9 Å². The van der Waals surface area contributed by atoms with Crippen LogP contribution in [0.2, 0.25) is 0 Å². The number of halogens is 6. The average molecular weight is 204 g/mol. The van der Waals surface area contributed by atoms with Gasteiger partial charge in [-0.2, -0.15) is 26.3 Å². The van der Waals surface area contributed by atoms with Gasteiger partial charge in [0.15, 0.2) is 5.57 Å². The molecular formula is C7H6F6. The lowest BCUT2D eigenvalue weighted by molar-refractivity contribution is -0.171. The van der Waals surface area contributed by atoms with Crippen molar-refractivity contribution in [3.63, 3.8) is 0 Å². The lowest BCUT2D eigenvalue weighted by atomic mass is 10.2. The number of alkyl halides is 6. The highest BCUT2D eigenvalue weighted by Gasteiger charge is 2.51. The van der Waals surface area contributed by atoms with Crippen molar-refractivity contribution in [2.24, 2.45) is 0 Å². The zero-order valence-electron chi connectivity index (χ0n) is 6.77. The molecule has 0 heterocycles. The lowest BCUT2D eigenvalue weighted by Crippen LogP contribution is -2.25. The van der Waals surface area contributed by atoms with Gasteiger partial charge >= 0.3 is 12.4 Å². The minimum Gasteiger partial charge on any atom is -0.165 e. The van der Waals surface area contributed by atoms with Gasteiger partial charge in [-0.05, 0) is 19.4 Å². The second kappa shape index (κ2) is 3.46. The summed E-state index contributed by atoms with van der Waals surface area (Å²) in [5.41, 5.74) is -1.53. The molecule has 0 bridgehead atoms. The minimum atomic E-state index is -5.41. The normalized spacial score (nSPS) is 12.3. The molecule has 0 N–H and O–H groups in total. The van der Waals surface area contributed by atoms with Crippen molar-refractivity contribution < 1.29 is 26.3 Å². The molecule has 0 aliphatic heterocycles.